The Kier molecular flexibility index (Phi) is 4.26. The summed E-state index contributed by atoms with van der Waals surface area (Å²) in [4.78, 5) is 23.0. The molecule has 6 nitrogen and oxygen atoms in total. The van der Waals surface area contributed by atoms with Gasteiger partial charge in [-0.05, 0) is 38.1 Å². The fourth-order valence-electron chi connectivity index (χ4n) is 3.12. The average Bonchev–Trinajstić information content (AvgIpc) is 3.34. The lowest BCUT2D eigenvalue weighted by Crippen LogP contribution is -2.32. The number of aryl methyl sites for hydroxylation is 2. The van der Waals surface area contributed by atoms with Crippen LogP contribution in [-0.2, 0) is 5.67 Å². The van der Waals surface area contributed by atoms with Crippen molar-refractivity contribution < 1.29 is 18.1 Å². The molecule has 2 aromatic heterocycles. The molecule has 3 aromatic rings. The first-order valence-corrected chi connectivity index (χ1v) is 9.20. The van der Waals surface area contributed by atoms with Crippen molar-refractivity contribution >= 4 is 17.2 Å². The summed E-state index contributed by atoms with van der Waals surface area (Å²) in [6.07, 6.45) is 0.0701. The number of aromatic nitrogens is 3. The Morgan fingerprint density at radius 2 is 2.00 bits per heavy atom. The maximum atomic E-state index is 15.4. The van der Waals surface area contributed by atoms with Crippen molar-refractivity contribution in [3.05, 3.63) is 51.6 Å². The number of hydrogen-bond acceptors (Lipinski definition) is 6. The van der Waals surface area contributed by atoms with E-state index < -0.39 is 5.67 Å². The second-order valence-corrected chi connectivity index (χ2v) is 7.72. The molecule has 1 fully saturated rings. The van der Waals surface area contributed by atoms with Crippen molar-refractivity contribution in [1.29, 1.82) is 0 Å². The zero-order valence-corrected chi connectivity index (χ0v) is 15.5. The summed E-state index contributed by atoms with van der Waals surface area (Å²) in [6.45, 7) is 3.68. The van der Waals surface area contributed by atoms with Gasteiger partial charge < -0.3 is 9.42 Å². The molecule has 9 heteroatoms. The second kappa shape index (κ2) is 6.49. The monoisotopic (exact) mass is 390 g/mol. The van der Waals surface area contributed by atoms with Crippen LogP contribution in [-0.4, -0.2) is 39.0 Å². The molecule has 0 spiro atoms. The molecule has 0 radical (unpaired) electrons. The van der Waals surface area contributed by atoms with Crippen LogP contribution in [0, 0.1) is 19.7 Å². The molecule has 27 heavy (non-hydrogen) atoms. The van der Waals surface area contributed by atoms with Gasteiger partial charge in [0.2, 0.25) is 11.5 Å². The van der Waals surface area contributed by atoms with E-state index in [2.05, 4.69) is 15.1 Å². The molecule has 0 aliphatic carbocycles. The van der Waals surface area contributed by atoms with Gasteiger partial charge in [-0.25, -0.2) is 13.8 Å². The van der Waals surface area contributed by atoms with Gasteiger partial charge in [-0.3, -0.25) is 4.79 Å². The van der Waals surface area contributed by atoms with Crippen LogP contribution in [0.5, 0.6) is 0 Å². The first-order valence-electron chi connectivity index (χ1n) is 8.38. The molecule has 1 aliphatic rings. The van der Waals surface area contributed by atoms with Crippen LogP contribution in [0.2, 0.25) is 0 Å². The van der Waals surface area contributed by atoms with E-state index in [0.717, 1.165) is 5.01 Å². The first-order chi connectivity index (χ1) is 12.9. The molecule has 0 saturated carbocycles. The van der Waals surface area contributed by atoms with Crippen molar-refractivity contribution in [3.8, 4) is 11.4 Å². The zero-order chi connectivity index (χ0) is 19.2. The van der Waals surface area contributed by atoms with Crippen molar-refractivity contribution in [2.45, 2.75) is 25.9 Å². The average molecular weight is 390 g/mol. The molecular weight excluding hydrogens is 374 g/mol. The van der Waals surface area contributed by atoms with E-state index in [1.807, 2.05) is 6.92 Å². The number of nitrogens with zero attached hydrogens (tertiary/aromatic N) is 4. The number of hydrogen-bond donors (Lipinski definition) is 0. The minimum absolute atomic E-state index is 0.0701. The van der Waals surface area contributed by atoms with Crippen molar-refractivity contribution in [3.63, 3.8) is 0 Å². The lowest BCUT2D eigenvalue weighted by Gasteiger charge is -2.17. The molecule has 1 atom stereocenters. The Morgan fingerprint density at radius 3 is 2.67 bits per heavy atom. The van der Waals surface area contributed by atoms with Gasteiger partial charge in [-0.2, -0.15) is 4.98 Å². The van der Waals surface area contributed by atoms with Gasteiger partial charge in [0.25, 0.3) is 11.8 Å². The number of amides is 1. The van der Waals surface area contributed by atoms with Crippen LogP contribution in [0.3, 0.4) is 0 Å². The molecule has 1 aliphatic heterocycles. The molecule has 1 saturated heterocycles. The van der Waals surface area contributed by atoms with Gasteiger partial charge in [0.1, 0.15) is 10.7 Å². The number of carbonyl (C=O) groups is 1. The van der Waals surface area contributed by atoms with E-state index in [4.69, 9.17) is 4.52 Å². The summed E-state index contributed by atoms with van der Waals surface area (Å²) >= 11 is 1.30. The Morgan fingerprint density at radius 1 is 1.26 bits per heavy atom. The van der Waals surface area contributed by atoms with Gasteiger partial charge in [0, 0.05) is 18.5 Å². The van der Waals surface area contributed by atoms with Gasteiger partial charge in [-0.1, -0.05) is 5.16 Å². The molecule has 1 amide bonds. The Balaban J connectivity index is 1.54. The third-order valence-corrected chi connectivity index (χ3v) is 5.58. The van der Waals surface area contributed by atoms with Crippen molar-refractivity contribution in [1.82, 2.24) is 20.0 Å². The molecule has 1 aromatic carbocycles. The number of alkyl halides is 1. The van der Waals surface area contributed by atoms with E-state index in [-0.39, 0.29) is 42.9 Å². The largest absolute Gasteiger partial charge is 0.335 e. The topological polar surface area (TPSA) is 72.1 Å². The maximum Gasteiger partial charge on any atom is 0.266 e. The van der Waals surface area contributed by atoms with Gasteiger partial charge in [-0.15, -0.1) is 11.3 Å². The highest BCUT2D eigenvalue weighted by Crippen LogP contribution is 2.37. The minimum Gasteiger partial charge on any atom is -0.335 e. The van der Waals surface area contributed by atoms with Gasteiger partial charge in [0.05, 0.1) is 17.2 Å². The molecule has 0 bridgehead atoms. The summed E-state index contributed by atoms with van der Waals surface area (Å²) in [5.74, 6) is -0.617. The number of benzene rings is 1. The number of rotatable bonds is 3. The van der Waals surface area contributed by atoms with Gasteiger partial charge >= 0.3 is 0 Å². The smallest absolute Gasteiger partial charge is 0.266 e. The number of thiazole rings is 1. The number of halogens is 2. The van der Waals surface area contributed by atoms with Crippen LogP contribution in [0.15, 0.2) is 28.8 Å². The molecule has 0 N–H and O–H groups in total. The van der Waals surface area contributed by atoms with Crippen molar-refractivity contribution in [2.24, 2.45) is 0 Å². The predicted molar refractivity (Wildman–Crippen MR) is 94.6 cm³/mol. The molecule has 4 rings (SSSR count). The van der Waals surface area contributed by atoms with Crippen LogP contribution >= 0.6 is 11.3 Å². The van der Waals surface area contributed by atoms with E-state index in [0.29, 0.717) is 16.1 Å². The lowest BCUT2D eigenvalue weighted by molar-refractivity contribution is 0.0720. The quantitative estimate of drug-likeness (QED) is 0.682. The molecule has 3 heterocycles. The minimum atomic E-state index is -1.91. The van der Waals surface area contributed by atoms with Crippen LogP contribution in [0.4, 0.5) is 8.78 Å². The third-order valence-electron chi connectivity index (χ3n) is 4.52. The Labute approximate surface area is 157 Å². The number of carbonyl (C=O) groups excluding carboxylic acids is 1. The van der Waals surface area contributed by atoms with E-state index in [1.165, 1.54) is 40.5 Å². The predicted octanol–water partition coefficient (Wildman–Crippen LogP) is 3.66. The van der Waals surface area contributed by atoms with Crippen LogP contribution in [0.1, 0.15) is 32.7 Å². The molecular formula is C18H16F2N4O2S. The van der Waals surface area contributed by atoms with Crippen molar-refractivity contribution in [2.75, 3.05) is 13.1 Å². The second-order valence-electron chi connectivity index (χ2n) is 6.52. The Hall–Kier alpha value is -2.68. The van der Waals surface area contributed by atoms with Gasteiger partial charge in [0.15, 0.2) is 0 Å². The number of likely N-dealkylation sites (tertiary alicyclic amines) is 1. The summed E-state index contributed by atoms with van der Waals surface area (Å²) in [7, 11) is 0. The fraction of sp³-hybridized carbons (Fsp3) is 0.333. The summed E-state index contributed by atoms with van der Waals surface area (Å²) in [6, 6.07) is 5.53. The molecule has 1 unspecified atom stereocenters. The zero-order valence-electron chi connectivity index (χ0n) is 14.7. The van der Waals surface area contributed by atoms with E-state index >= 15 is 4.39 Å². The fourth-order valence-corrected chi connectivity index (χ4v) is 4.00. The standard InChI is InChI=1S/C18H16F2N4O2S/c1-10-14(27-11(2)21-10)16(25)24-8-7-18(20,9-24)17-22-15(23-26-17)12-3-5-13(19)6-4-12/h3-6H,7-9H2,1-2H3. The highest BCUT2D eigenvalue weighted by molar-refractivity contribution is 7.13. The third kappa shape index (κ3) is 3.23. The van der Waals surface area contributed by atoms with E-state index in [1.54, 1.807) is 6.92 Å². The summed E-state index contributed by atoms with van der Waals surface area (Å²) in [5.41, 5.74) is -0.735. The first kappa shape index (κ1) is 17.7. The van der Waals surface area contributed by atoms with Crippen LogP contribution < -0.4 is 0 Å². The lowest BCUT2D eigenvalue weighted by atomic mass is 10.1. The summed E-state index contributed by atoms with van der Waals surface area (Å²) in [5, 5.41) is 4.59. The van der Waals surface area contributed by atoms with E-state index in [9.17, 15) is 9.18 Å². The maximum absolute atomic E-state index is 15.4. The summed E-state index contributed by atoms with van der Waals surface area (Å²) < 4.78 is 33.6. The molecule has 140 valence electrons. The highest BCUT2D eigenvalue weighted by atomic mass is 32.1. The van der Waals surface area contributed by atoms with Crippen LogP contribution in [0.25, 0.3) is 11.4 Å². The Bertz CT molecular complexity index is 1000. The SMILES string of the molecule is Cc1nc(C)c(C(=O)N2CCC(F)(c3nc(-c4ccc(F)cc4)no3)C2)s1. The normalized spacial score (nSPS) is 19.6. The highest BCUT2D eigenvalue weighted by Gasteiger charge is 2.47.